The van der Waals surface area contributed by atoms with Gasteiger partial charge in [0, 0.05) is 0 Å². The lowest BCUT2D eigenvalue weighted by molar-refractivity contribution is 0.635. The fourth-order valence-electron chi connectivity index (χ4n) is 0.0833. The second kappa shape index (κ2) is 3.05. The Morgan fingerprint density at radius 3 is 2.50 bits per heavy atom. The van der Waals surface area contributed by atoms with Gasteiger partial charge in [-0.25, -0.2) is 0 Å². The molecule has 0 aromatic heterocycles. The monoisotopic (exact) mass is 118 g/mol. The molecule has 6 heavy (non-hydrogen) atoms. The Labute approximate surface area is 45.5 Å². The molecule has 0 spiro atoms. The molecule has 0 saturated heterocycles. The lowest BCUT2D eigenvalue weighted by Gasteiger charge is -1.89. The van der Waals surface area contributed by atoms with Crippen molar-refractivity contribution in [3.05, 3.63) is 12.7 Å². The van der Waals surface area contributed by atoms with Gasteiger partial charge in [0.05, 0.1) is 0 Å². The molecule has 0 heterocycles. The Balaban J connectivity index is 3.23. The average molecular weight is 118 g/mol. The molecule has 0 rings (SSSR count). The summed E-state index contributed by atoms with van der Waals surface area (Å²) in [5.41, 5.74) is 0. The first-order valence-electron chi connectivity index (χ1n) is 1.51. The summed E-state index contributed by atoms with van der Waals surface area (Å²) >= 11 is 4.55. The molecule has 0 radical (unpaired) electrons. The van der Waals surface area contributed by atoms with Crippen molar-refractivity contribution in [1.82, 2.24) is 0 Å². The topological polar surface area (TPSA) is 9.23 Å². The zero-order chi connectivity index (χ0) is 4.99. The molecule has 0 aliphatic heterocycles. The van der Waals surface area contributed by atoms with E-state index in [2.05, 4.69) is 23.2 Å². The largest absolute Gasteiger partial charge is 0.546 e. The number of rotatable bonds is 1. The third-order valence-electron chi connectivity index (χ3n) is 0.368. The maximum atomic E-state index is 4.65. The van der Waals surface area contributed by atoms with Crippen LogP contribution in [0.2, 0.25) is 0 Å². The van der Waals surface area contributed by atoms with Gasteiger partial charge >= 0.3 is 0 Å². The third-order valence-corrected chi connectivity index (χ3v) is 1.44. The summed E-state index contributed by atoms with van der Waals surface area (Å²) in [6.45, 7) is 3.39. The highest BCUT2D eigenvalue weighted by atomic mass is 32.1. The van der Waals surface area contributed by atoms with E-state index in [0.29, 0.717) is 15.5 Å². The zero-order valence-corrected chi connectivity index (χ0v) is 6.42. The molecule has 0 bridgehead atoms. The van der Waals surface area contributed by atoms with Crippen LogP contribution in [-0.4, -0.2) is 15.5 Å². The number of hydrogen-bond donors (Lipinski definition) is 0. The highest BCUT2D eigenvalue weighted by Crippen LogP contribution is 1.73. The van der Waals surface area contributed by atoms with Crippen LogP contribution in [0.15, 0.2) is 12.7 Å². The lowest BCUT2D eigenvalue weighted by atomic mass is 10.7. The SMILES string of the molecule is C=CC(=S)O[SiH3]. The molecule has 0 saturated carbocycles. The molecule has 0 N–H and O–H groups in total. The lowest BCUT2D eigenvalue weighted by Crippen LogP contribution is -1.89. The highest BCUT2D eigenvalue weighted by Gasteiger charge is 1.74. The summed E-state index contributed by atoms with van der Waals surface area (Å²) in [6, 6.07) is 0. The minimum Gasteiger partial charge on any atom is -0.546 e. The number of thiocarbonyl (C=S) groups is 1. The van der Waals surface area contributed by atoms with Gasteiger partial charge in [0.25, 0.3) is 0 Å². The zero-order valence-electron chi connectivity index (χ0n) is 3.60. The van der Waals surface area contributed by atoms with E-state index >= 15 is 0 Å². The van der Waals surface area contributed by atoms with Crippen LogP contribution in [-0.2, 0) is 4.43 Å². The van der Waals surface area contributed by atoms with Gasteiger partial charge < -0.3 is 4.43 Å². The standard InChI is InChI=1S/C3H6OSSi/c1-2-3(5)4-6/h2H,1H2,6H3. The van der Waals surface area contributed by atoms with Crippen LogP contribution >= 0.6 is 12.2 Å². The molecule has 0 aromatic carbocycles. The van der Waals surface area contributed by atoms with Crippen molar-refractivity contribution in [3.8, 4) is 0 Å². The van der Waals surface area contributed by atoms with Crippen molar-refractivity contribution >= 4 is 27.8 Å². The van der Waals surface area contributed by atoms with E-state index in [1.807, 2.05) is 0 Å². The minimum absolute atomic E-state index is 0.502. The first-order valence-corrected chi connectivity index (χ1v) is 2.74. The molecule has 1 nitrogen and oxygen atoms in total. The smallest absolute Gasteiger partial charge is 0.205 e. The Morgan fingerprint density at radius 2 is 2.50 bits per heavy atom. The predicted octanol–water partition coefficient (Wildman–Crippen LogP) is -0.203. The van der Waals surface area contributed by atoms with Gasteiger partial charge in [-0.3, -0.25) is 0 Å². The van der Waals surface area contributed by atoms with Crippen molar-refractivity contribution in [2.24, 2.45) is 0 Å². The van der Waals surface area contributed by atoms with Crippen LogP contribution in [0, 0.1) is 0 Å². The Bertz CT molecular complexity index is 71.2. The first-order chi connectivity index (χ1) is 2.81. The molecule has 3 heteroatoms. The summed E-state index contributed by atoms with van der Waals surface area (Å²) < 4.78 is 4.65. The van der Waals surface area contributed by atoms with E-state index in [-0.39, 0.29) is 0 Å². The van der Waals surface area contributed by atoms with Crippen molar-refractivity contribution in [2.45, 2.75) is 0 Å². The van der Waals surface area contributed by atoms with Crippen LogP contribution in [0.25, 0.3) is 0 Å². The first kappa shape index (κ1) is 5.85. The van der Waals surface area contributed by atoms with Crippen LogP contribution in [0.4, 0.5) is 0 Å². The Hall–Kier alpha value is -0.153. The minimum atomic E-state index is 0.502. The van der Waals surface area contributed by atoms with Crippen molar-refractivity contribution in [2.75, 3.05) is 0 Å². The van der Waals surface area contributed by atoms with Crippen molar-refractivity contribution in [3.63, 3.8) is 0 Å². The van der Waals surface area contributed by atoms with Crippen molar-refractivity contribution in [1.29, 1.82) is 0 Å². The van der Waals surface area contributed by atoms with E-state index in [1.165, 1.54) is 6.08 Å². The van der Waals surface area contributed by atoms with Gasteiger partial charge in [-0.1, -0.05) is 6.58 Å². The van der Waals surface area contributed by atoms with Crippen LogP contribution in [0.1, 0.15) is 0 Å². The van der Waals surface area contributed by atoms with E-state index in [0.717, 1.165) is 0 Å². The second-order valence-electron chi connectivity index (χ2n) is 0.727. The maximum absolute atomic E-state index is 4.65. The Morgan fingerprint density at radius 1 is 2.00 bits per heavy atom. The quantitative estimate of drug-likeness (QED) is 0.268. The molecule has 34 valence electrons. The predicted molar refractivity (Wildman–Crippen MR) is 33.8 cm³/mol. The molecule has 0 unspecified atom stereocenters. The van der Waals surface area contributed by atoms with Gasteiger partial charge in [0.15, 0.2) is 5.05 Å². The summed E-state index contributed by atoms with van der Waals surface area (Å²) in [5, 5.41) is 0.502. The molecule has 0 aliphatic carbocycles. The van der Waals surface area contributed by atoms with Crippen LogP contribution in [0.5, 0.6) is 0 Å². The Kier molecular flexibility index (Phi) is 2.98. The summed E-state index contributed by atoms with van der Waals surface area (Å²) in [7, 11) is 0.670. The van der Waals surface area contributed by atoms with Gasteiger partial charge in [-0.15, -0.1) is 0 Å². The fourth-order valence-corrected chi connectivity index (χ4v) is 0.250. The van der Waals surface area contributed by atoms with E-state index in [4.69, 9.17) is 0 Å². The highest BCUT2D eigenvalue weighted by molar-refractivity contribution is 7.80. The van der Waals surface area contributed by atoms with Gasteiger partial charge in [0.1, 0.15) is 0 Å². The average Bonchev–Trinajstić information content (AvgIpc) is 1.65. The molecule has 0 aromatic rings. The van der Waals surface area contributed by atoms with Crippen molar-refractivity contribution < 1.29 is 4.43 Å². The van der Waals surface area contributed by atoms with Gasteiger partial charge in [-0.2, -0.15) is 0 Å². The van der Waals surface area contributed by atoms with Gasteiger partial charge in [-0.05, 0) is 18.3 Å². The molecular formula is C3H6OSSi. The molecule has 0 fully saturated rings. The maximum Gasteiger partial charge on any atom is 0.205 e. The number of hydrogen-bond acceptors (Lipinski definition) is 2. The summed E-state index contributed by atoms with van der Waals surface area (Å²) in [4.78, 5) is 0. The normalized spacial score (nSPS) is 7.33. The molecule has 0 amide bonds. The molecular weight excluding hydrogens is 112 g/mol. The second-order valence-corrected chi connectivity index (χ2v) is 1.54. The third kappa shape index (κ3) is 2.11. The van der Waals surface area contributed by atoms with E-state index in [9.17, 15) is 0 Å². The summed E-state index contributed by atoms with van der Waals surface area (Å²) in [6.07, 6.45) is 1.52. The van der Waals surface area contributed by atoms with Gasteiger partial charge in [0.2, 0.25) is 10.5 Å². The molecule has 0 atom stereocenters. The van der Waals surface area contributed by atoms with E-state index < -0.39 is 0 Å². The summed E-state index contributed by atoms with van der Waals surface area (Å²) in [5.74, 6) is 0. The van der Waals surface area contributed by atoms with Crippen LogP contribution in [0.3, 0.4) is 0 Å². The van der Waals surface area contributed by atoms with E-state index in [1.54, 1.807) is 0 Å². The van der Waals surface area contributed by atoms with Crippen LogP contribution < -0.4 is 0 Å². The molecule has 0 aliphatic rings. The fraction of sp³-hybridized carbons (Fsp3) is 0.